The number of nitrogens with one attached hydrogen (secondary N) is 2. The molecule has 1 aromatic rings. The zero-order valence-electron chi connectivity index (χ0n) is 8.72. The van der Waals surface area contributed by atoms with Crippen LogP contribution in [-0.4, -0.2) is 12.6 Å². The number of carbonyl (C=O) groups is 1. The van der Waals surface area contributed by atoms with E-state index in [0.29, 0.717) is 11.6 Å². The maximum absolute atomic E-state index is 11.3. The van der Waals surface area contributed by atoms with Gasteiger partial charge in [0.05, 0.1) is 0 Å². The Hall–Kier alpha value is -1.22. The van der Waals surface area contributed by atoms with Gasteiger partial charge in [-0.05, 0) is 30.7 Å². The van der Waals surface area contributed by atoms with Gasteiger partial charge in [0, 0.05) is 17.3 Å². The fourth-order valence-corrected chi connectivity index (χ4v) is 1.21. The Kier molecular flexibility index (Phi) is 4.98. The van der Waals surface area contributed by atoms with Gasteiger partial charge in [-0.1, -0.05) is 24.9 Å². The fourth-order valence-electron chi connectivity index (χ4n) is 1.09. The Morgan fingerprint density at radius 1 is 1.33 bits per heavy atom. The van der Waals surface area contributed by atoms with E-state index in [9.17, 15) is 4.79 Å². The largest absolute Gasteiger partial charge is 0.338 e. The molecule has 0 aliphatic carbocycles. The number of halogens is 1. The molecule has 0 radical (unpaired) electrons. The van der Waals surface area contributed by atoms with Crippen molar-refractivity contribution >= 4 is 23.3 Å². The second kappa shape index (κ2) is 6.30. The molecule has 0 aromatic heterocycles. The highest BCUT2D eigenvalue weighted by Gasteiger charge is 1.99. The molecule has 0 fully saturated rings. The minimum atomic E-state index is -0.175. The Morgan fingerprint density at radius 3 is 2.60 bits per heavy atom. The van der Waals surface area contributed by atoms with Crippen LogP contribution in [0.4, 0.5) is 10.5 Å². The third-order valence-electron chi connectivity index (χ3n) is 1.92. The van der Waals surface area contributed by atoms with Crippen molar-refractivity contribution < 1.29 is 4.79 Å². The zero-order chi connectivity index (χ0) is 11.1. The van der Waals surface area contributed by atoms with Crippen LogP contribution in [0.3, 0.4) is 0 Å². The van der Waals surface area contributed by atoms with Crippen molar-refractivity contribution in [2.24, 2.45) is 0 Å². The van der Waals surface area contributed by atoms with Crippen molar-refractivity contribution in [3.63, 3.8) is 0 Å². The summed E-state index contributed by atoms with van der Waals surface area (Å²) in [6.07, 6.45) is 2.06. The summed E-state index contributed by atoms with van der Waals surface area (Å²) in [4.78, 5) is 11.3. The lowest BCUT2D eigenvalue weighted by Gasteiger charge is -2.06. The van der Waals surface area contributed by atoms with Crippen LogP contribution in [0.25, 0.3) is 0 Å². The summed E-state index contributed by atoms with van der Waals surface area (Å²) in [5.41, 5.74) is 0.744. The molecule has 0 unspecified atom stereocenters. The smallest absolute Gasteiger partial charge is 0.319 e. The van der Waals surface area contributed by atoms with Gasteiger partial charge in [-0.2, -0.15) is 0 Å². The number of anilines is 1. The number of unbranched alkanes of at least 4 members (excludes halogenated alkanes) is 1. The molecular formula is C11H15ClN2O. The summed E-state index contributed by atoms with van der Waals surface area (Å²) in [5.74, 6) is 0. The molecule has 4 heteroatoms. The van der Waals surface area contributed by atoms with E-state index in [-0.39, 0.29) is 6.03 Å². The molecule has 2 N–H and O–H groups in total. The first-order valence-corrected chi connectivity index (χ1v) is 5.40. The van der Waals surface area contributed by atoms with Gasteiger partial charge < -0.3 is 10.6 Å². The van der Waals surface area contributed by atoms with E-state index >= 15 is 0 Å². The van der Waals surface area contributed by atoms with Gasteiger partial charge in [0.2, 0.25) is 0 Å². The Morgan fingerprint density at radius 2 is 2.00 bits per heavy atom. The van der Waals surface area contributed by atoms with Crippen LogP contribution in [-0.2, 0) is 0 Å². The highest BCUT2D eigenvalue weighted by atomic mass is 35.5. The molecule has 82 valence electrons. The van der Waals surface area contributed by atoms with Crippen molar-refractivity contribution in [1.29, 1.82) is 0 Å². The van der Waals surface area contributed by atoms with Crippen LogP contribution in [0, 0.1) is 0 Å². The van der Waals surface area contributed by atoms with E-state index in [0.717, 1.165) is 18.5 Å². The summed E-state index contributed by atoms with van der Waals surface area (Å²) in [6.45, 7) is 2.79. The topological polar surface area (TPSA) is 41.1 Å². The third-order valence-corrected chi connectivity index (χ3v) is 2.17. The summed E-state index contributed by atoms with van der Waals surface area (Å²) in [5, 5.41) is 6.14. The number of benzene rings is 1. The molecule has 2 amide bonds. The predicted molar refractivity (Wildman–Crippen MR) is 63.4 cm³/mol. The van der Waals surface area contributed by atoms with E-state index in [1.165, 1.54) is 0 Å². The SMILES string of the molecule is CCCCNC(=O)Nc1ccc(Cl)cc1. The van der Waals surface area contributed by atoms with Gasteiger partial charge >= 0.3 is 6.03 Å². The number of rotatable bonds is 4. The number of hydrogen-bond donors (Lipinski definition) is 2. The second-order valence-corrected chi connectivity index (χ2v) is 3.68. The lowest BCUT2D eigenvalue weighted by molar-refractivity contribution is 0.252. The van der Waals surface area contributed by atoms with Crippen LogP contribution >= 0.6 is 11.6 Å². The Labute approximate surface area is 94.8 Å². The van der Waals surface area contributed by atoms with E-state index in [1.807, 2.05) is 0 Å². The molecule has 0 spiro atoms. The third kappa shape index (κ3) is 4.70. The van der Waals surface area contributed by atoms with E-state index < -0.39 is 0 Å². The Balaban J connectivity index is 2.34. The molecule has 15 heavy (non-hydrogen) atoms. The molecular weight excluding hydrogens is 212 g/mol. The molecule has 0 heterocycles. The molecule has 1 rings (SSSR count). The Bertz CT molecular complexity index is 311. The van der Waals surface area contributed by atoms with Crippen molar-refractivity contribution in [2.45, 2.75) is 19.8 Å². The lowest BCUT2D eigenvalue weighted by atomic mass is 10.3. The number of amides is 2. The first-order chi connectivity index (χ1) is 7.22. The maximum atomic E-state index is 11.3. The molecule has 0 bridgehead atoms. The summed E-state index contributed by atoms with van der Waals surface area (Å²) < 4.78 is 0. The molecule has 0 atom stereocenters. The first kappa shape index (κ1) is 11.9. The molecule has 0 saturated carbocycles. The van der Waals surface area contributed by atoms with Crippen molar-refractivity contribution in [2.75, 3.05) is 11.9 Å². The molecule has 0 aliphatic heterocycles. The van der Waals surface area contributed by atoms with Crippen LogP contribution in [0.15, 0.2) is 24.3 Å². The number of urea groups is 1. The number of carbonyl (C=O) groups excluding carboxylic acids is 1. The van der Waals surface area contributed by atoms with E-state index in [4.69, 9.17) is 11.6 Å². The molecule has 1 aromatic carbocycles. The molecule has 0 saturated heterocycles. The average Bonchev–Trinajstić information content (AvgIpc) is 2.22. The standard InChI is InChI=1S/C11H15ClN2O/c1-2-3-8-13-11(15)14-10-6-4-9(12)5-7-10/h4-7H,2-3,8H2,1H3,(H2,13,14,15). The highest BCUT2D eigenvalue weighted by Crippen LogP contribution is 2.12. The molecule has 3 nitrogen and oxygen atoms in total. The quantitative estimate of drug-likeness (QED) is 0.761. The van der Waals surface area contributed by atoms with Crippen LogP contribution in [0.2, 0.25) is 5.02 Å². The monoisotopic (exact) mass is 226 g/mol. The minimum absolute atomic E-state index is 0.175. The summed E-state index contributed by atoms with van der Waals surface area (Å²) in [7, 11) is 0. The predicted octanol–water partition coefficient (Wildman–Crippen LogP) is 3.26. The fraction of sp³-hybridized carbons (Fsp3) is 0.364. The van der Waals surface area contributed by atoms with Gasteiger partial charge in [-0.3, -0.25) is 0 Å². The summed E-state index contributed by atoms with van der Waals surface area (Å²) >= 11 is 5.72. The van der Waals surface area contributed by atoms with Gasteiger partial charge in [-0.15, -0.1) is 0 Å². The van der Waals surface area contributed by atoms with Crippen molar-refractivity contribution in [3.05, 3.63) is 29.3 Å². The van der Waals surface area contributed by atoms with Crippen molar-refractivity contribution in [3.8, 4) is 0 Å². The number of hydrogen-bond acceptors (Lipinski definition) is 1. The van der Waals surface area contributed by atoms with Gasteiger partial charge in [0.15, 0.2) is 0 Å². The molecule has 0 aliphatic rings. The highest BCUT2D eigenvalue weighted by molar-refractivity contribution is 6.30. The van der Waals surface area contributed by atoms with Gasteiger partial charge in [-0.25, -0.2) is 4.79 Å². The summed E-state index contributed by atoms with van der Waals surface area (Å²) in [6, 6.07) is 6.83. The zero-order valence-corrected chi connectivity index (χ0v) is 9.47. The van der Waals surface area contributed by atoms with Crippen LogP contribution in [0.5, 0.6) is 0 Å². The van der Waals surface area contributed by atoms with Crippen LogP contribution in [0.1, 0.15) is 19.8 Å². The first-order valence-electron chi connectivity index (χ1n) is 5.03. The van der Waals surface area contributed by atoms with E-state index in [2.05, 4.69) is 17.6 Å². The van der Waals surface area contributed by atoms with Crippen molar-refractivity contribution in [1.82, 2.24) is 5.32 Å². The maximum Gasteiger partial charge on any atom is 0.319 e. The van der Waals surface area contributed by atoms with Crippen LogP contribution < -0.4 is 10.6 Å². The van der Waals surface area contributed by atoms with Gasteiger partial charge in [0.25, 0.3) is 0 Å². The lowest BCUT2D eigenvalue weighted by Crippen LogP contribution is -2.29. The average molecular weight is 227 g/mol. The van der Waals surface area contributed by atoms with E-state index in [1.54, 1.807) is 24.3 Å². The van der Waals surface area contributed by atoms with Gasteiger partial charge in [0.1, 0.15) is 0 Å². The normalized spacial score (nSPS) is 9.73. The second-order valence-electron chi connectivity index (χ2n) is 3.24. The minimum Gasteiger partial charge on any atom is -0.338 e.